The fourth-order valence-electron chi connectivity index (χ4n) is 3.63. The molecule has 0 unspecified atom stereocenters. The van der Waals surface area contributed by atoms with Gasteiger partial charge in [0.15, 0.2) is 0 Å². The van der Waals surface area contributed by atoms with Crippen molar-refractivity contribution in [2.45, 2.75) is 4.90 Å². The highest BCUT2D eigenvalue weighted by molar-refractivity contribution is 9.10. The number of benzene rings is 5. The molecule has 5 rings (SSSR count). The van der Waals surface area contributed by atoms with Crippen molar-refractivity contribution in [1.82, 2.24) is 4.72 Å². The lowest BCUT2D eigenvalue weighted by molar-refractivity contribution is 1.34. The van der Waals surface area contributed by atoms with Crippen molar-refractivity contribution in [2.24, 2.45) is 0 Å². The van der Waals surface area contributed by atoms with Crippen LogP contribution in [0.5, 0.6) is 0 Å². The molecule has 1 nitrogen and oxygen atoms in total. The van der Waals surface area contributed by atoms with Gasteiger partial charge in [-0.2, -0.15) is 0 Å². The fourth-order valence-corrected chi connectivity index (χ4v) is 4.40. The average Bonchev–Trinajstić information content (AvgIpc) is 2.96. The van der Waals surface area contributed by atoms with Gasteiger partial charge in [-0.05, 0) is 58.6 Å². The third-order valence-corrected chi connectivity index (χ3v) is 6.24. The van der Waals surface area contributed by atoms with Crippen molar-refractivity contribution >= 4 is 33.6 Å². The van der Waals surface area contributed by atoms with E-state index < -0.39 is 0 Å². The van der Waals surface area contributed by atoms with Crippen LogP contribution in [-0.4, -0.2) is 0 Å². The van der Waals surface area contributed by atoms with Crippen molar-refractivity contribution in [1.29, 1.82) is 0 Å². The lowest BCUT2D eigenvalue weighted by atomic mass is 9.91. The van der Waals surface area contributed by atoms with Gasteiger partial charge in [-0.15, -0.1) is 0 Å². The van der Waals surface area contributed by atoms with Gasteiger partial charge in [0.05, 0.1) is 11.2 Å². The van der Waals surface area contributed by atoms with Gasteiger partial charge >= 0.3 is 0 Å². The van der Waals surface area contributed by atoms with Gasteiger partial charge in [-0.1, -0.05) is 107 Å². The molecular formula is C30H21BrNS. The van der Waals surface area contributed by atoms with Crippen LogP contribution in [0.4, 0.5) is 5.69 Å². The molecule has 0 bridgehead atoms. The summed E-state index contributed by atoms with van der Waals surface area (Å²) in [6.07, 6.45) is 0. The van der Waals surface area contributed by atoms with Gasteiger partial charge in [-0.3, -0.25) is 0 Å². The van der Waals surface area contributed by atoms with E-state index in [1.54, 1.807) is 0 Å². The Morgan fingerprint density at radius 1 is 0.576 bits per heavy atom. The summed E-state index contributed by atoms with van der Waals surface area (Å²) in [4.78, 5) is 0.184. The Morgan fingerprint density at radius 2 is 1.03 bits per heavy atom. The van der Waals surface area contributed by atoms with Crippen LogP contribution in [0.15, 0.2) is 137 Å². The second-order valence-corrected chi connectivity index (χ2v) is 8.91. The molecular weight excluding hydrogens is 486 g/mol. The van der Waals surface area contributed by atoms with E-state index in [1.807, 2.05) is 78.9 Å². The Bertz CT molecular complexity index is 1470. The molecule has 0 spiro atoms. The Balaban J connectivity index is 1.72. The summed E-state index contributed by atoms with van der Waals surface area (Å²) in [7, 11) is 0. The smallest absolute Gasteiger partial charge is 0.0874 e. The first-order chi connectivity index (χ1) is 18.0. The summed E-state index contributed by atoms with van der Waals surface area (Å²) < 4.78 is 38.3. The van der Waals surface area contributed by atoms with Crippen LogP contribution in [0.25, 0.3) is 33.4 Å². The third kappa shape index (κ3) is 5.05. The lowest BCUT2D eigenvalue weighted by Crippen LogP contribution is -1.95. The molecule has 0 aliphatic heterocycles. The Labute approximate surface area is 213 Å². The summed E-state index contributed by atoms with van der Waals surface area (Å²) >= 11 is 4.14. The standard InChI is InChI=1S/C30H21BrNS/c31-26-16-18-27(19-17-26)33-32-30-28(23-12-6-2-7-13-23)20-25(22-10-4-1-5-11-22)21-29(30)24-14-8-3-9-15-24/h1-21H/i16D,17D,18D,19D. The second-order valence-electron chi connectivity index (χ2n) is 7.34. The first kappa shape index (κ1) is 17.2. The highest BCUT2D eigenvalue weighted by Gasteiger charge is 2.17. The van der Waals surface area contributed by atoms with E-state index in [0.29, 0.717) is 5.69 Å². The molecule has 0 atom stereocenters. The molecule has 0 N–H and O–H groups in total. The van der Waals surface area contributed by atoms with Crippen molar-refractivity contribution in [2.75, 3.05) is 0 Å². The van der Waals surface area contributed by atoms with E-state index >= 15 is 0 Å². The van der Waals surface area contributed by atoms with E-state index in [-0.39, 0.29) is 33.5 Å². The monoisotopic (exact) mass is 510 g/mol. The van der Waals surface area contributed by atoms with Gasteiger partial charge in [0.2, 0.25) is 0 Å². The van der Waals surface area contributed by atoms with E-state index in [1.165, 1.54) is 0 Å². The van der Waals surface area contributed by atoms with E-state index in [9.17, 15) is 0 Å². The van der Waals surface area contributed by atoms with Crippen LogP contribution in [0.2, 0.25) is 0 Å². The fraction of sp³-hybridized carbons (Fsp3) is 0. The molecule has 0 amide bonds. The normalized spacial score (nSPS) is 12.4. The van der Waals surface area contributed by atoms with Crippen molar-refractivity contribution in [3.8, 4) is 33.4 Å². The number of hydrogen-bond donors (Lipinski definition) is 0. The third-order valence-electron chi connectivity index (χ3n) is 5.19. The SMILES string of the molecule is [2H]c1c([2H])c(S[N]c2c(-c3ccccc3)cc(-c3ccccc3)cc2-c2ccccc2)c([2H])c([2H])c1Br. The Morgan fingerprint density at radius 3 is 1.52 bits per heavy atom. The van der Waals surface area contributed by atoms with Gasteiger partial charge in [0.1, 0.15) is 0 Å². The van der Waals surface area contributed by atoms with Crippen molar-refractivity contribution in [3.05, 3.63) is 132 Å². The van der Waals surface area contributed by atoms with E-state index in [0.717, 1.165) is 45.3 Å². The highest BCUT2D eigenvalue weighted by Crippen LogP contribution is 2.43. The Hall–Kier alpha value is -3.27. The van der Waals surface area contributed by atoms with Gasteiger partial charge in [-0.25, -0.2) is 4.72 Å². The molecule has 0 aliphatic carbocycles. The summed E-state index contributed by atoms with van der Waals surface area (Å²) in [5.74, 6) is 0. The van der Waals surface area contributed by atoms with Crippen molar-refractivity contribution < 1.29 is 5.48 Å². The number of rotatable bonds is 6. The lowest BCUT2D eigenvalue weighted by Gasteiger charge is -2.18. The van der Waals surface area contributed by atoms with Crippen LogP contribution >= 0.6 is 27.9 Å². The zero-order chi connectivity index (χ0) is 25.9. The summed E-state index contributed by atoms with van der Waals surface area (Å²) in [5.41, 5.74) is 6.67. The van der Waals surface area contributed by atoms with E-state index in [2.05, 4.69) is 40.2 Å². The molecule has 159 valence electrons. The van der Waals surface area contributed by atoms with E-state index in [4.69, 9.17) is 10.2 Å². The number of hydrogen-bond acceptors (Lipinski definition) is 1. The van der Waals surface area contributed by atoms with Crippen LogP contribution in [0.3, 0.4) is 0 Å². The minimum atomic E-state index is -0.121. The topological polar surface area (TPSA) is 14.1 Å². The molecule has 0 saturated heterocycles. The van der Waals surface area contributed by atoms with Crippen LogP contribution in [-0.2, 0) is 0 Å². The molecule has 1 radical (unpaired) electrons. The minimum Gasteiger partial charge on any atom is -0.210 e. The summed E-state index contributed by atoms with van der Waals surface area (Å²) in [6, 6.07) is 34.0. The maximum Gasteiger partial charge on any atom is 0.0874 e. The molecule has 33 heavy (non-hydrogen) atoms. The van der Waals surface area contributed by atoms with Gasteiger partial charge < -0.3 is 0 Å². The quantitative estimate of drug-likeness (QED) is 0.207. The number of halogens is 1. The maximum atomic E-state index is 8.42. The average molecular weight is 512 g/mol. The van der Waals surface area contributed by atoms with Gasteiger partial charge in [0.25, 0.3) is 0 Å². The molecule has 0 saturated carbocycles. The van der Waals surface area contributed by atoms with Crippen LogP contribution in [0.1, 0.15) is 5.48 Å². The zero-order valence-corrected chi connectivity index (χ0v) is 20.0. The Kier molecular flexibility index (Phi) is 5.28. The molecule has 5 aromatic carbocycles. The molecule has 0 fully saturated rings. The predicted octanol–water partition coefficient (Wildman–Crippen LogP) is 9.39. The largest absolute Gasteiger partial charge is 0.210 e. The van der Waals surface area contributed by atoms with Crippen LogP contribution < -0.4 is 4.72 Å². The summed E-state index contributed by atoms with van der Waals surface area (Å²) in [5, 5.41) is 0. The molecule has 0 aromatic heterocycles. The molecule has 3 heteroatoms. The zero-order valence-electron chi connectivity index (χ0n) is 21.5. The summed E-state index contributed by atoms with van der Waals surface area (Å²) in [6.45, 7) is 0. The van der Waals surface area contributed by atoms with Gasteiger partial charge in [0, 0.05) is 32.4 Å². The maximum absolute atomic E-state index is 8.42. The molecule has 5 aromatic rings. The predicted molar refractivity (Wildman–Crippen MR) is 145 cm³/mol. The van der Waals surface area contributed by atoms with Crippen LogP contribution in [0, 0.1) is 0 Å². The first-order valence-corrected chi connectivity index (χ1v) is 12.0. The second kappa shape index (κ2) is 10.1. The number of nitrogens with zero attached hydrogens (tertiary/aromatic N) is 1. The first-order valence-electron chi connectivity index (χ1n) is 12.4. The van der Waals surface area contributed by atoms with Crippen molar-refractivity contribution in [3.63, 3.8) is 0 Å². The molecule has 0 aliphatic rings. The molecule has 0 heterocycles. The highest BCUT2D eigenvalue weighted by atomic mass is 79.9. The minimum absolute atomic E-state index is 0.120.